The fourth-order valence-electron chi connectivity index (χ4n) is 7.90. The average Bonchev–Trinajstić information content (AvgIpc) is 3.11. The van der Waals surface area contributed by atoms with E-state index in [1.165, 1.54) is 49.0 Å². The molecule has 5 nitrogen and oxygen atoms in total. The van der Waals surface area contributed by atoms with Crippen LogP contribution in [0.15, 0.2) is 48.6 Å². The molecular formula is C30H33N3O2S. The van der Waals surface area contributed by atoms with E-state index in [2.05, 4.69) is 47.7 Å². The first kappa shape index (κ1) is 23.4. The number of hydrogen-bond donors (Lipinski definition) is 1. The Balaban J connectivity index is 1.30. The molecule has 4 bridgehead atoms. The monoisotopic (exact) mass is 499 g/mol. The summed E-state index contributed by atoms with van der Waals surface area (Å²) in [7, 11) is 0. The largest absolute Gasteiger partial charge is 0.318 e. The van der Waals surface area contributed by atoms with Gasteiger partial charge in [-0.15, -0.1) is 6.58 Å². The van der Waals surface area contributed by atoms with Gasteiger partial charge < -0.3 is 4.57 Å². The van der Waals surface area contributed by atoms with Crippen LogP contribution in [0.1, 0.15) is 61.0 Å². The van der Waals surface area contributed by atoms with E-state index < -0.39 is 11.8 Å². The van der Waals surface area contributed by atoms with Crippen molar-refractivity contribution in [1.29, 1.82) is 0 Å². The lowest BCUT2D eigenvalue weighted by molar-refractivity contribution is -0.128. The molecule has 4 aliphatic carbocycles. The van der Waals surface area contributed by atoms with Gasteiger partial charge in [-0.25, -0.2) is 0 Å². The number of amides is 2. The predicted molar refractivity (Wildman–Crippen MR) is 146 cm³/mol. The van der Waals surface area contributed by atoms with Gasteiger partial charge in [0, 0.05) is 23.6 Å². The summed E-state index contributed by atoms with van der Waals surface area (Å²) in [5.41, 5.74) is 5.99. The first-order chi connectivity index (χ1) is 17.3. The minimum Gasteiger partial charge on any atom is -0.318 e. The number of rotatable bonds is 5. The third kappa shape index (κ3) is 3.69. The van der Waals surface area contributed by atoms with Gasteiger partial charge in [0.1, 0.15) is 5.57 Å². The molecule has 2 amide bonds. The molecular weight excluding hydrogens is 466 g/mol. The molecule has 5 aliphatic rings. The van der Waals surface area contributed by atoms with Crippen LogP contribution in [0.5, 0.6) is 0 Å². The van der Waals surface area contributed by atoms with Crippen molar-refractivity contribution in [1.82, 2.24) is 14.8 Å². The van der Waals surface area contributed by atoms with Gasteiger partial charge in [0.2, 0.25) is 0 Å². The van der Waals surface area contributed by atoms with Gasteiger partial charge in [-0.05, 0) is 123 Å². The third-order valence-electron chi connectivity index (χ3n) is 9.04. The topological polar surface area (TPSA) is 54.3 Å². The second-order valence-electron chi connectivity index (χ2n) is 11.4. The summed E-state index contributed by atoms with van der Waals surface area (Å²) in [6, 6.07) is 11.2. The maximum absolute atomic E-state index is 13.0. The fraction of sp³-hybridized carbons (Fsp3) is 0.433. The molecule has 4 saturated carbocycles. The molecule has 1 aromatic heterocycles. The lowest BCUT2D eigenvalue weighted by Crippen LogP contribution is -2.53. The van der Waals surface area contributed by atoms with Crippen LogP contribution in [-0.4, -0.2) is 32.9 Å². The summed E-state index contributed by atoms with van der Waals surface area (Å²) in [6.45, 7) is 8.03. The Labute approximate surface area is 218 Å². The van der Waals surface area contributed by atoms with E-state index in [0.29, 0.717) is 5.41 Å². The molecule has 2 heterocycles. The molecule has 186 valence electrons. The molecule has 7 rings (SSSR count). The maximum Gasteiger partial charge on any atom is 0.265 e. The molecule has 1 aromatic carbocycles. The van der Waals surface area contributed by atoms with E-state index in [-0.39, 0.29) is 17.2 Å². The summed E-state index contributed by atoms with van der Waals surface area (Å²) in [6.07, 6.45) is 11.7. The highest BCUT2D eigenvalue weighted by Gasteiger charge is 2.51. The number of nitrogens with one attached hydrogen (secondary N) is 1. The highest BCUT2D eigenvalue weighted by Crippen LogP contribution is 2.60. The Morgan fingerprint density at radius 2 is 1.67 bits per heavy atom. The van der Waals surface area contributed by atoms with Gasteiger partial charge in [-0.1, -0.05) is 18.2 Å². The number of nitrogens with zero attached hydrogens (tertiary/aromatic N) is 2. The highest BCUT2D eigenvalue weighted by molar-refractivity contribution is 7.80. The molecule has 0 spiro atoms. The van der Waals surface area contributed by atoms with Gasteiger partial charge in [-0.3, -0.25) is 19.8 Å². The van der Waals surface area contributed by atoms with Gasteiger partial charge in [0.05, 0.1) is 0 Å². The first-order valence-electron chi connectivity index (χ1n) is 13.1. The van der Waals surface area contributed by atoms with Crippen LogP contribution in [0.25, 0.3) is 11.8 Å². The van der Waals surface area contributed by atoms with Crippen molar-refractivity contribution in [2.24, 2.45) is 17.8 Å². The van der Waals surface area contributed by atoms with Gasteiger partial charge in [0.15, 0.2) is 5.11 Å². The molecule has 0 unspecified atom stereocenters. The van der Waals surface area contributed by atoms with Crippen molar-refractivity contribution < 1.29 is 9.59 Å². The summed E-state index contributed by atoms with van der Waals surface area (Å²) < 4.78 is 2.20. The molecule has 1 aliphatic heterocycles. The molecule has 0 atom stereocenters. The molecule has 36 heavy (non-hydrogen) atoms. The van der Waals surface area contributed by atoms with Crippen LogP contribution in [0.2, 0.25) is 0 Å². The summed E-state index contributed by atoms with van der Waals surface area (Å²) in [4.78, 5) is 26.9. The number of carbonyl (C=O) groups is 2. The van der Waals surface area contributed by atoms with Crippen molar-refractivity contribution in [3.63, 3.8) is 0 Å². The number of thiocarbonyl (C=S) groups is 1. The van der Waals surface area contributed by atoms with Crippen LogP contribution in [-0.2, 0) is 15.0 Å². The van der Waals surface area contributed by atoms with Crippen LogP contribution in [0, 0.1) is 31.6 Å². The summed E-state index contributed by atoms with van der Waals surface area (Å²) in [5, 5.41) is 2.74. The Hall–Kier alpha value is -2.99. The van der Waals surface area contributed by atoms with Crippen LogP contribution in [0.4, 0.5) is 0 Å². The summed E-state index contributed by atoms with van der Waals surface area (Å²) in [5.74, 6) is 1.93. The normalized spacial score (nSPS) is 30.3. The SMILES string of the molecule is C=CCN1C(=O)/C(=C/c2cc(C)n(-c3ccc(C45CC6CC(CC(C6)C4)C5)cc3)c2C)C(=O)NC1=S. The van der Waals surface area contributed by atoms with Crippen LogP contribution in [0.3, 0.4) is 0 Å². The second kappa shape index (κ2) is 8.55. The van der Waals surface area contributed by atoms with Crippen LogP contribution < -0.4 is 5.32 Å². The van der Waals surface area contributed by atoms with Gasteiger partial charge >= 0.3 is 0 Å². The number of hydrogen-bond acceptors (Lipinski definition) is 3. The van der Waals surface area contributed by atoms with Crippen molar-refractivity contribution in [3.8, 4) is 5.69 Å². The van der Waals surface area contributed by atoms with E-state index in [1.807, 2.05) is 13.0 Å². The highest BCUT2D eigenvalue weighted by atomic mass is 32.1. The Kier molecular flexibility index (Phi) is 5.56. The smallest absolute Gasteiger partial charge is 0.265 e. The number of benzene rings is 1. The number of aryl methyl sites for hydroxylation is 1. The van der Waals surface area contributed by atoms with E-state index >= 15 is 0 Å². The molecule has 5 fully saturated rings. The van der Waals surface area contributed by atoms with E-state index in [9.17, 15) is 9.59 Å². The zero-order valence-electron chi connectivity index (χ0n) is 21.0. The lowest BCUT2D eigenvalue weighted by Gasteiger charge is -2.57. The Morgan fingerprint density at radius 3 is 2.25 bits per heavy atom. The summed E-state index contributed by atoms with van der Waals surface area (Å²) >= 11 is 5.17. The standard InChI is InChI=1S/C30H33N3O2S/c1-4-9-32-28(35)26(27(34)31-29(32)36)14-23-10-18(2)33(19(23)3)25-7-5-24(6-8-25)30-15-20-11-21(16-30)13-22(12-20)17-30/h4-8,10,14,20-22H,1,9,11-13,15-17H2,2-3H3,(H,31,34,36)/b26-14+. The zero-order valence-corrected chi connectivity index (χ0v) is 21.9. The quantitative estimate of drug-likeness (QED) is 0.260. The molecule has 2 aromatic rings. The predicted octanol–water partition coefficient (Wildman–Crippen LogP) is 5.37. The Morgan fingerprint density at radius 1 is 1.06 bits per heavy atom. The number of aromatic nitrogens is 1. The van der Waals surface area contributed by atoms with E-state index in [1.54, 1.807) is 12.2 Å². The number of carbonyl (C=O) groups excluding carboxylic acids is 2. The van der Waals surface area contributed by atoms with E-state index in [4.69, 9.17) is 12.2 Å². The van der Waals surface area contributed by atoms with Gasteiger partial charge in [0.25, 0.3) is 11.8 Å². The second-order valence-corrected chi connectivity index (χ2v) is 11.8. The molecule has 6 heteroatoms. The Bertz CT molecular complexity index is 1280. The maximum atomic E-state index is 13.0. The van der Waals surface area contributed by atoms with Crippen molar-refractivity contribution >= 4 is 35.2 Å². The van der Waals surface area contributed by atoms with Crippen molar-refractivity contribution in [2.75, 3.05) is 6.54 Å². The minimum atomic E-state index is -0.463. The fourth-order valence-corrected chi connectivity index (χ4v) is 8.15. The third-order valence-corrected chi connectivity index (χ3v) is 9.37. The van der Waals surface area contributed by atoms with Gasteiger partial charge in [-0.2, -0.15) is 0 Å². The van der Waals surface area contributed by atoms with Crippen LogP contribution >= 0.6 is 12.2 Å². The average molecular weight is 500 g/mol. The minimum absolute atomic E-state index is 0.0860. The molecule has 0 radical (unpaired) electrons. The van der Waals surface area contributed by atoms with Crippen molar-refractivity contribution in [2.45, 2.75) is 57.8 Å². The molecule has 1 saturated heterocycles. The van der Waals surface area contributed by atoms with Crippen molar-refractivity contribution in [3.05, 3.63) is 71.1 Å². The van der Waals surface area contributed by atoms with E-state index in [0.717, 1.165) is 40.4 Å². The lowest BCUT2D eigenvalue weighted by atomic mass is 9.48. The zero-order chi connectivity index (χ0) is 25.2. The molecule has 1 N–H and O–H groups in total. The first-order valence-corrected chi connectivity index (χ1v) is 13.5.